The normalized spacial score (nSPS) is 18.1. The molecule has 2 aliphatic rings. The molecule has 4 rings (SSSR count). The topological polar surface area (TPSA) is 77.5 Å². The number of amides is 2. The van der Waals surface area contributed by atoms with Crippen molar-refractivity contribution >= 4 is 22.8 Å². The molecule has 1 heterocycles. The number of benzene rings is 2. The average Bonchev–Trinajstić information content (AvgIpc) is 3.71. The number of morpholine rings is 1. The minimum atomic E-state index is -0.701. The van der Waals surface area contributed by atoms with Crippen LogP contribution in [-0.4, -0.2) is 79.6 Å². The van der Waals surface area contributed by atoms with E-state index in [1.165, 1.54) is 0 Å². The molecule has 0 radical (unpaired) electrons. The van der Waals surface area contributed by atoms with Crippen LogP contribution in [0, 0.1) is 6.92 Å². The van der Waals surface area contributed by atoms with Crippen molar-refractivity contribution in [2.75, 3.05) is 40.0 Å². The minimum absolute atomic E-state index is 0.0779. The molecule has 2 aromatic carbocycles. The average molecular weight is 513 g/mol. The van der Waals surface area contributed by atoms with Gasteiger partial charge < -0.3 is 28.7 Å². The molecule has 37 heavy (non-hydrogen) atoms. The fourth-order valence-corrected chi connectivity index (χ4v) is 4.64. The summed E-state index contributed by atoms with van der Waals surface area (Å²) in [6.45, 7) is 10.2. The number of ether oxygens (including phenoxy) is 4. The maximum atomic E-state index is 13.7. The Morgan fingerprint density at radius 3 is 2.54 bits per heavy atom. The fraction of sp³-hybridized carbons (Fsp3) is 0.586. The van der Waals surface area contributed by atoms with Crippen molar-refractivity contribution in [2.24, 2.45) is 0 Å². The number of carbonyl (C=O) groups excluding carboxylic acids is 2. The van der Waals surface area contributed by atoms with Gasteiger partial charge in [-0.25, -0.2) is 4.79 Å². The van der Waals surface area contributed by atoms with Gasteiger partial charge in [0.15, 0.2) is 6.10 Å². The van der Waals surface area contributed by atoms with Gasteiger partial charge in [0.1, 0.15) is 11.4 Å². The van der Waals surface area contributed by atoms with Crippen LogP contribution in [0.2, 0.25) is 0 Å². The van der Waals surface area contributed by atoms with Gasteiger partial charge in [0.2, 0.25) is 0 Å². The summed E-state index contributed by atoms with van der Waals surface area (Å²) in [5.41, 5.74) is 1.60. The molecular formula is C29H40N2O6. The summed E-state index contributed by atoms with van der Waals surface area (Å²) < 4.78 is 22.7. The Bertz CT molecular complexity index is 1110. The van der Waals surface area contributed by atoms with Gasteiger partial charge >= 0.3 is 6.09 Å². The standard InChI is InChI=1S/C29H40N2O6/c1-20-21(17-25(35-15-8-14-34-5)24-10-7-6-9-23(20)24)18-31(22-11-12-22)27(32)26-19-30(13-16-36-26)28(33)37-29(2,3)4/h6-7,9-10,17,22,26H,8,11-16,18-19H2,1-5H3/t26-/m1/s1. The van der Waals surface area contributed by atoms with Gasteiger partial charge in [-0.3, -0.25) is 4.79 Å². The Labute approximate surface area is 219 Å². The lowest BCUT2D eigenvalue weighted by Gasteiger charge is -2.36. The molecule has 0 spiro atoms. The second kappa shape index (κ2) is 11.7. The molecule has 1 atom stereocenters. The van der Waals surface area contributed by atoms with Crippen LogP contribution in [0.4, 0.5) is 4.79 Å². The highest BCUT2D eigenvalue weighted by Crippen LogP contribution is 2.35. The first kappa shape index (κ1) is 27.2. The van der Waals surface area contributed by atoms with Crippen molar-refractivity contribution in [1.82, 2.24) is 9.80 Å². The SMILES string of the molecule is COCCCOc1cc(CN(C(=O)[C@H]2CN(C(=O)OC(C)(C)C)CCO2)C2CC2)c(C)c2ccccc12. The maximum Gasteiger partial charge on any atom is 0.410 e. The fourth-order valence-electron chi connectivity index (χ4n) is 4.64. The molecule has 0 unspecified atom stereocenters. The third-order valence-corrected chi connectivity index (χ3v) is 6.74. The number of rotatable bonds is 9. The third kappa shape index (κ3) is 6.93. The van der Waals surface area contributed by atoms with E-state index < -0.39 is 17.8 Å². The smallest absolute Gasteiger partial charge is 0.410 e. The summed E-state index contributed by atoms with van der Waals surface area (Å²) in [5, 5.41) is 2.18. The van der Waals surface area contributed by atoms with Crippen LogP contribution in [0.1, 0.15) is 51.2 Å². The molecule has 2 amide bonds. The van der Waals surface area contributed by atoms with Gasteiger partial charge in [-0.1, -0.05) is 24.3 Å². The van der Waals surface area contributed by atoms with Crippen LogP contribution in [0.25, 0.3) is 10.8 Å². The second-order valence-corrected chi connectivity index (χ2v) is 10.9. The molecule has 0 bridgehead atoms. The summed E-state index contributed by atoms with van der Waals surface area (Å²) in [5.74, 6) is 0.742. The minimum Gasteiger partial charge on any atom is -0.493 e. The van der Waals surface area contributed by atoms with Crippen molar-refractivity contribution in [3.05, 3.63) is 41.5 Å². The summed E-state index contributed by atoms with van der Waals surface area (Å²) >= 11 is 0. The van der Waals surface area contributed by atoms with Crippen LogP contribution in [0.3, 0.4) is 0 Å². The first-order valence-electron chi connectivity index (χ1n) is 13.2. The maximum absolute atomic E-state index is 13.7. The van der Waals surface area contributed by atoms with Gasteiger partial charge in [-0.15, -0.1) is 0 Å². The predicted octanol–water partition coefficient (Wildman–Crippen LogP) is 4.69. The number of carbonyl (C=O) groups is 2. The molecular weight excluding hydrogens is 472 g/mol. The molecule has 202 valence electrons. The molecule has 1 aliphatic carbocycles. The largest absolute Gasteiger partial charge is 0.493 e. The van der Waals surface area contributed by atoms with E-state index in [1.54, 1.807) is 12.0 Å². The molecule has 1 saturated heterocycles. The van der Waals surface area contributed by atoms with Gasteiger partial charge in [-0.2, -0.15) is 0 Å². The van der Waals surface area contributed by atoms with Crippen molar-refractivity contribution in [3.63, 3.8) is 0 Å². The molecule has 2 aromatic rings. The Balaban J connectivity index is 1.53. The van der Waals surface area contributed by atoms with Crippen LogP contribution < -0.4 is 4.74 Å². The Kier molecular flexibility index (Phi) is 8.60. The third-order valence-electron chi connectivity index (χ3n) is 6.74. The van der Waals surface area contributed by atoms with E-state index in [9.17, 15) is 9.59 Å². The van der Waals surface area contributed by atoms with Gasteiger partial charge in [0, 0.05) is 44.7 Å². The molecule has 0 N–H and O–H groups in total. The van der Waals surface area contributed by atoms with Crippen LogP contribution >= 0.6 is 0 Å². The summed E-state index contributed by atoms with van der Waals surface area (Å²) in [7, 11) is 1.69. The lowest BCUT2D eigenvalue weighted by atomic mass is 9.98. The monoisotopic (exact) mass is 512 g/mol. The number of nitrogens with zero attached hydrogens (tertiary/aromatic N) is 2. The summed E-state index contributed by atoms with van der Waals surface area (Å²) in [4.78, 5) is 29.8. The van der Waals surface area contributed by atoms with Crippen LogP contribution in [0.15, 0.2) is 30.3 Å². The zero-order chi connectivity index (χ0) is 26.6. The molecule has 8 nitrogen and oxygen atoms in total. The Morgan fingerprint density at radius 2 is 1.86 bits per heavy atom. The van der Waals surface area contributed by atoms with Gasteiger partial charge in [0.25, 0.3) is 5.91 Å². The molecule has 0 aromatic heterocycles. The number of methoxy groups -OCH3 is 1. The van der Waals surface area contributed by atoms with E-state index in [1.807, 2.05) is 37.8 Å². The summed E-state index contributed by atoms with van der Waals surface area (Å²) in [6.07, 6.45) is 1.63. The zero-order valence-corrected chi connectivity index (χ0v) is 22.7. The quantitative estimate of drug-likeness (QED) is 0.454. The van der Waals surface area contributed by atoms with Crippen LogP contribution in [-0.2, 0) is 25.5 Å². The van der Waals surface area contributed by atoms with E-state index in [0.29, 0.717) is 32.9 Å². The summed E-state index contributed by atoms with van der Waals surface area (Å²) in [6, 6.07) is 10.5. The number of hydrogen-bond acceptors (Lipinski definition) is 6. The van der Waals surface area contributed by atoms with Crippen molar-refractivity contribution in [3.8, 4) is 5.75 Å². The number of fused-ring (bicyclic) bond motifs is 1. The Hall–Kier alpha value is -2.84. The van der Waals surface area contributed by atoms with Crippen LogP contribution in [0.5, 0.6) is 5.75 Å². The van der Waals surface area contributed by atoms with Gasteiger partial charge in [0.05, 0.1) is 19.8 Å². The van der Waals surface area contributed by atoms with Crippen molar-refractivity contribution < 1.29 is 28.5 Å². The molecule has 2 fully saturated rings. The molecule has 1 aliphatic heterocycles. The lowest BCUT2D eigenvalue weighted by Crippen LogP contribution is -2.53. The zero-order valence-electron chi connectivity index (χ0n) is 22.7. The molecule has 8 heteroatoms. The van der Waals surface area contributed by atoms with Gasteiger partial charge in [-0.05, 0) is 63.1 Å². The first-order chi connectivity index (χ1) is 17.7. The highest BCUT2D eigenvalue weighted by molar-refractivity contribution is 5.92. The highest BCUT2D eigenvalue weighted by atomic mass is 16.6. The van der Waals surface area contributed by atoms with E-state index in [4.69, 9.17) is 18.9 Å². The number of aryl methyl sites for hydroxylation is 1. The number of hydrogen-bond donors (Lipinski definition) is 0. The Morgan fingerprint density at radius 1 is 1.14 bits per heavy atom. The van der Waals surface area contributed by atoms with E-state index in [0.717, 1.165) is 46.9 Å². The van der Waals surface area contributed by atoms with Crippen molar-refractivity contribution in [1.29, 1.82) is 0 Å². The van der Waals surface area contributed by atoms with Crippen molar-refractivity contribution in [2.45, 2.75) is 71.2 Å². The predicted molar refractivity (Wildman–Crippen MR) is 142 cm³/mol. The van der Waals surface area contributed by atoms with E-state index in [-0.39, 0.29) is 18.5 Å². The van der Waals surface area contributed by atoms with E-state index in [2.05, 4.69) is 25.1 Å². The lowest BCUT2D eigenvalue weighted by molar-refractivity contribution is -0.150. The first-order valence-corrected chi connectivity index (χ1v) is 13.2. The van der Waals surface area contributed by atoms with E-state index >= 15 is 0 Å². The molecule has 1 saturated carbocycles. The highest BCUT2D eigenvalue weighted by Gasteiger charge is 2.39. The second-order valence-electron chi connectivity index (χ2n) is 10.9.